The number of aromatic nitrogens is 2. The molecule has 0 aliphatic heterocycles. The van der Waals surface area contributed by atoms with Crippen molar-refractivity contribution in [3.8, 4) is 22.5 Å². The highest BCUT2D eigenvalue weighted by molar-refractivity contribution is 6.29. The summed E-state index contributed by atoms with van der Waals surface area (Å²) in [6, 6.07) is 72.9. The number of hydrogen-bond acceptors (Lipinski definition) is 0. The first-order chi connectivity index (χ1) is 28.3. The highest BCUT2D eigenvalue weighted by Gasteiger charge is 2.49. The zero-order chi connectivity index (χ0) is 37.0. The van der Waals surface area contributed by atoms with Crippen LogP contribution in [0.2, 0.25) is 0 Å². The van der Waals surface area contributed by atoms with E-state index in [2.05, 4.69) is 203 Å². The second-order valence-corrected chi connectivity index (χ2v) is 16.0. The molecule has 2 aromatic heterocycles. The van der Waals surface area contributed by atoms with Crippen LogP contribution in [0.25, 0.3) is 98.4 Å². The van der Waals surface area contributed by atoms with E-state index in [1.807, 2.05) is 0 Å². The molecule has 2 heteroatoms. The van der Waals surface area contributed by atoms with Crippen LogP contribution in [0, 0.1) is 0 Å². The van der Waals surface area contributed by atoms with Gasteiger partial charge in [0, 0.05) is 32.9 Å². The Morgan fingerprint density at radius 3 is 1.28 bits per heavy atom. The summed E-state index contributed by atoms with van der Waals surface area (Å²) >= 11 is 0. The molecule has 0 atom stereocenters. The molecule has 0 fully saturated rings. The van der Waals surface area contributed by atoms with E-state index in [4.69, 9.17) is 0 Å². The van der Waals surface area contributed by atoms with Crippen LogP contribution < -0.4 is 0 Å². The fraction of sp³-hybridized carbons (Fsp3) is 0.0182. The van der Waals surface area contributed by atoms with Crippen molar-refractivity contribution in [2.24, 2.45) is 0 Å². The van der Waals surface area contributed by atoms with E-state index in [-0.39, 0.29) is 0 Å². The second-order valence-electron chi connectivity index (χ2n) is 16.0. The van der Waals surface area contributed by atoms with Crippen LogP contribution in [0.4, 0.5) is 0 Å². The minimum atomic E-state index is -0.408. The van der Waals surface area contributed by atoms with Crippen LogP contribution in [0.5, 0.6) is 0 Å². The van der Waals surface area contributed by atoms with E-state index in [1.54, 1.807) is 0 Å². The highest BCUT2D eigenvalue weighted by atomic mass is 15.0. The van der Waals surface area contributed by atoms with Gasteiger partial charge in [-0.05, 0) is 114 Å². The van der Waals surface area contributed by atoms with Gasteiger partial charge in [-0.1, -0.05) is 146 Å². The summed E-state index contributed by atoms with van der Waals surface area (Å²) in [5.74, 6) is 0. The van der Waals surface area contributed by atoms with Gasteiger partial charge in [0.25, 0.3) is 0 Å². The maximum atomic E-state index is 2.51. The van der Waals surface area contributed by atoms with Crippen LogP contribution in [0.1, 0.15) is 22.3 Å². The standard InChI is InChI=1S/C55H32N2/c1-3-14-38-33(11-1)23-30-47-51(38)52-39-15-4-2-12-34(39)24-31-48(52)57(47)37-28-26-36(27-29-37)56-46-22-10-21-45-53(46)54-49(56)32-25-35-13-9-20-44(50(35)54)55(45)42-18-7-5-16-40(42)41-17-6-8-19-43(41)55/h1-32H. The first kappa shape index (κ1) is 29.9. The van der Waals surface area contributed by atoms with Crippen molar-refractivity contribution in [3.63, 3.8) is 0 Å². The molecule has 2 aliphatic rings. The van der Waals surface area contributed by atoms with Crippen molar-refractivity contribution < 1.29 is 0 Å². The molecular formula is C55H32N2. The Morgan fingerprint density at radius 1 is 0.263 bits per heavy atom. The summed E-state index contributed by atoms with van der Waals surface area (Å²) in [5, 5.41) is 13.1. The van der Waals surface area contributed by atoms with Gasteiger partial charge in [-0.2, -0.15) is 0 Å². The van der Waals surface area contributed by atoms with Gasteiger partial charge >= 0.3 is 0 Å². The van der Waals surface area contributed by atoms with Crippen LogP contribution >= 0.6 is 0 Å². The Labute approximate surface area is 328 Å². The van der Waals surface area contributed by atoms with Crippen molar-refractivity contribution in [2.75, 3.05) is 0 Å². The monoisotopic (exact) mass is 720 g/mol. The third-order valence-corrected chi connectivity index (χ3v) is 13.5. The number of fused-ring (bicyclic) bond motifs is 14. The number of nitrogens with zero attached hydrogens (tertiary/aromatic N) is 2. The Hall–Kier alpha value is -7.42. The highest BCUT2D eigenvalue weighted by Crippen LogP contribution is 2.62. The van der Waals surface area contributed by atoms with Crippen LogP contribution in [0.3, 0.4) is 0 Å². The lowest BCUT2D eigenvalue weighted by Gasteiger charge is -2.37. The van der Waals surface area contributed by atoms with Crippen LogP contribution in [-0.4, -0.2) is 9.13 Å². The molecule has 14 rings (SSSR count). The van der Waals surface area contributed by atoms with Gasteiger partial charge in [0.2, 0.25) is 0 Å². The smallest absolute Gasteiger partial charge is 0.0726 e. The Bertz CT molecular complexity index is 3610. The van der Waals surface area contributed by atoms with E-state index in [1.165, 1.54) is 109 Å². The molecule has 0 saturated heterocycles. The quantitative estimate of drug-likeness (QED) is 0.168. The summed E-state index contributed by atoms with van der Waals surface area (Å²) in [6.45, 7) is 0. The van der Waals surface area contributed by atoms with E-state index in [0.29, 0.717) is 0 Å². The minimum absolute atomic E-state index is 0.408. The zero-order valence-electron chi connectivity index (χ0n) is 30.9. The summed E-state index contributed by atoms with van der Waals surface area (Å²) in [7, 11) is 0. The SMILES string of the molecule is c1ccc2c(c1)-c1ccccc1C21c2cccc3ccc4c(c23)c2c1cccc2n4-c1ccc(-n2c3ccc4ccccc4c3c3c4ccccc4ccc32)cc1. The predicted octanol–water partition coefficient (Wildman–Crippen LogP) is 14.0. The molecule has 57 heavy (non-hydrogen) atoms. The van der Waals surface area contributed by atoms with Crippen LogP contribution in [0.15, 0.2) is 194 Å². The Morgan fingerprint density at radius 2 is 0.684 bits per heavy atom. The molecule has 0 radical (unpaired) electrons. The van der Waals surface area contributed by atoms with E-state index in [9.17, 15) is 0 Å². The second kappa shape index (κ2) is 10.5. The summed E-state index contributed by atoms with van der Waals surface area (Å²) in [5.41, 5.74) is 15.0. The maximum absolute atomic E-state index is 2.51. The van der Waals surface area contributed by atoms with E-state index in [0.717, 1.165) is 11.4 Å². The lowest BCUT2D eigenvalue weighted by Crippen LogP contribution is -2.30. The molecule has 12 aromatic rings. The average Bonchev–Trinajstić information content (AvgIpc) is 3.91. The molecule has 0 N–H and O–H groups in total. The molecule has 0 amide bonds. The zero-order valence-corrected chi connectivity index (χ0v) is 30.9. The fourth-order valence-corrected chi connectivity index (χ4v) is 11.4. The number of rotatable bonds is 2. The first-order valence-electron chi connectivity index (χ1n) is 19.9. The molecule has 0 bridgehead atoms. The van der Waals surface area contributed by atoms with Gasteiger partial charge < -0.3 is 9.13 Å². The molecule has 0 saturated carbocycles. The van der Waals surface area contributed by atoms with Crippen molar-refractivity contribution in [1.29, 1.82) is 0 Å². The summed E-state index contributed by atoms with van der Waals surface area (Å²) in [4.78, 5) is 0. The third kappa shape index (κ3) is 3.50. The lowest BCUT2D eigenvalue weighted by molar-refractivity contribution is 0.783. The molecule has 2 heterocycles. The lowest BCUT2D eigenvalue weighted by atomic mass is 9.63. The number of benzene rings is 10. The van der Waals surface area contributed by atoms with Gasteiger partial charge in [-0.3, -0.25) is 0 Å². The van der Waals surface area contributed by atoms with Crippen molar-refractivity contribution in [1.82, 2.24) is 9.13 Å². The van der Waals surface area contributed by atoms with Gasteiger partial charge in [0.1, 0.15) is 0 Å². The predicted molar refractivity (Wildman–Crippen MR) is 238 cm³/mol. The average molecular weight is 721 g/mol. The van der Waals surface area contributed by atoms with Gasteiger partial charge in [0.05, 0.1) is 27.5 Å². The first-order valence-corrected chi connectivity index (χ1v) is 19.9. The molecular weight excluding hydrogens is 689 g/mol. The van der Waals surface area contributed by atoms with Gasteiger partial charge in [0.15, 0.2) is 0 Å². The Kier molecular flexibility index (Phi) is 5.48. The summed E-state index contributed by atoms with van der Waals surface area (Å²) in [6.07, 6.45) is 0. The third-order valence-electron chi connectivity index (χ3n) is 13.5. The molecule has 10 aromatic carbocycles. The fourth-order valence-electron chi connectivity index (χ4n) is 11.4. The van der Waals surface area contributed by atoms with E-state index >= 15 is 0 Å². The van der Waals surface area contributed by atoms with E-state index < -0.39 is 5.41 Å². The largest absolute Gasteiger partial charge is 0.309 e. The summed E-state index contributed by atoms with van der Waals surface area (Å²) < 4.78 is 4.97. The molecule has 2 aliphatic carbocycles. The Balaban J connectivity index is 1.04. The van der Waals surface area contributed by atoms with Gasteiger partial charge in [-0.25, -0.2) is 0 Å². The molecule has 2 nitrogen and oxygen atoms in total. The van der Waals surface area contributed by atoms with Crippen molar-refractivity contribution >= 4 is 75.9 Å². The topological polar surface area (TPSA) is 9.86 Å². The normalized spacial score (nSPS) is 13.8. The number of hydrogen-bond donors (Lipinski definition) is 0. The van der Waals surface area contributed by atoms with Crippen LogP contribution in [-0.2, 0) is 5.41 Å². The van der Waals surface area contributed by atoms with Gasteiger partial charge in [-0.15, -0.1) is 0 Å². The van der Waals surface area contributed by atoms with Crippen molar-refractivity contribution in [2.45, 2.75) is 5.41 Å². The van der Waals surface area contributed by atoms with Crippen molar-refractivity contribution in [3.05, 3.63) is 216 Å². The maximum Gasteiger partial charge on any atom is 0.0726 e. The molecule has 1 spiro atoms. The molecule has 0 unspecified atom stereocenters. The minimum Gasteiger partial charge on any atom is -0.309 e. The molecule has 262 valence electrons.